The van der Waals surface area contributed by atoms with Crippen molar-refractivity contribution in [3.05, 3.63) is 63.6 Å². The Hall–Kier alpha value is -1.64. The first-order chi connectivity index (χ1) is 13.8. The molecule has 0 spiro atoms. The van der Waals surface area contributed by atoms with E-state index in [1.165, 1.54) is 18.2 Å². The lowest BCUT2D eigenvalue weighted by molar-refractivity contribution is 0.0939. The summed E-state index contributed by atoms with van der Waals surface area (Å²) in [5.74, 6) is -0.426. The molecule has 0 aliphatic carbocycles. The van der Waals surface area contributed by atoms with Crippen LogP contribution in [0, 0.1) is 0 Å². The first-order valence-electron chi connectivity index (χ1n) is 9.24. The van der Waals surface area contributed by atoms with Gasteiger partial charge in [-0.2, -0.15) is 0 Å². The largest absolute Gasteiger partial charge is 0.377 e. The van der Waals surface area contributed by atoms with Crippen LogP contribution in [0.25, 0.3) is 0 Å². The fourth-order valence-electron chi connectivity index (χ4n) is 3.12. The minimum atomic E-state index is -3.88. The Morgan fingerprint density at radius 1 is 1.21 bits per heavy atom. The number of hydrogen-bond donors (Lipinski definition) is 2. The van der Waals surface area contributed by atoms with E-state index in [0.29, 0.717) is 11.6 Å². The Morgan fingerprint density at radius 2 is 1.97 bits per heavy atom. The third kappa shape index (κ3) is 5.49. The topological polar surface area (TPSA) is 84.5 Å². The molecule has 2 atom stereocenters. The lowest BCUT2D eigenvalue weighted by atomic mass is 10.1. The molecule has 0 bridgehead atoms. The molecule has 2 unspecified atom stereocenters. The molecular weight excluding hydrogens is 435 g/mol. The van der Waals surface area contributed by atoms with Crippen molar-refractivity contribution in [2.75, 3.05) is 13.2 Å². The van der Waals surface area contributed by atoms with E-state index in [9.17, 15) is 13.2 Å². The Balaban J connectivity index is 1.75. The van der Waals surface area contributed by atoms with Crippen molar-refractivity contribution < 1.29 is 17.9 Å². The van der Waals surface area contributed by atoms with Gasteiger partial charge in [-0.25, -0.2) is 13.1 Å². The van der Waals surface area contributed by atoms with E-state index in [0.717, 1.165) is 18.4 Å². The zero-order valence-corrected chi connectivity index (χ0v) is 18.2. The number of hydrogen-bond acceptors (Lipinski definition) is 4. The minimum Gasteiger partial charge on any atom is -0.377 e. The highest BCUT2D eigenvalue weighted by Crippen LogP contribution is 2.25. The summed E-state index contributed by atoms with van der Waals surface area (Å²) in [5.41, 5.74) is 0.952. The minimum absolute atomic E-state index is 0.0422. The molecule has 1 heterocycles. The second-order valence-corrected chi connectivity index (χ2v) is 9.40. The van der Waals surface area contributed by atoms with Gasteiger partial charge < -0.3 is 10.1 Å². The molecule has 1 aliphatic heterocycles. The molecule has 2 N–H and O–H groups in total. The Kier molecular flexibility index (Phi) is 7.19. The highest BCUT2D eigenvalue weighted by molar-refractivity contribution is 7.89. The van der Waals surface area contributed by atoms with Crippen LogP contribution in [0.4, 0.5) is 0 Å². The average molecular weight is 457 g/mol. The summed E-state index contributed by atoms with van der Waals surface area (Å²) in [6.07, 6.45) is 1.57. The fraction of sp³-hybridized carbons (Fsp3) is 0.350. The molecule has 9 heteroatoms. The van der Waals surface area contributed by atoms with Crippen LogP contribution in [0.5, 0.6) is 0 Å². The zero-order chi connectivity index (χ0) is 21.0. The van der Waals surface area contributed by atoms with E-state index in [-0.39, 0.29) is 34.2 Å². The standard InChI is InChI=1S/C20H22Cl2N2O4S/c1-13(16-6-2-3-7-17(16)21)24-20(25)14-8-9-18(22)19(11-14)29(26,27)23-12-15-5-4-10-28-15/h2-3,6-9,11,13,15,23H,4-5,10,12H2,1H3,(H,24,25). The molecule has 29 heavy (non-hydrogen) atoms. The summed E-state index contributed by atoms with van der Waals surface area (Å²) in [7, 11) is -3.88. The van der Waals surface area contributed by atoms with Gasteiger partial charge in [0.25, 0.3) is 5.91 Å². The molecule has 156 valence electrons. The molecule has 2 aromatic carbocycles. The molecule has 1 amide bonds. The molecular formula is C20H22Cl2N2O4S. The summed E-state index contributed by atoms with van der Waals surface area (Å²) >= 11 is 12.3. The smallest absolute Gasteiger partial charge is 0.251 e. The van der Waals surface area contributed by atoms with Crippen LogP contribution in [-0.4, -0.2) is 33.6 Å². The Labute approximate surface area is 180 Å². The first kappa shape index (κ1) is 22.1. The SMILES string of the molecule is CC(NC(=O)c1ccc(Cl)c(S(=O)(=O)NCC2CCCO2)c1)c1ccccc1Cl. The van der Waals surface area contributed by atoms with Crippen molar-refractivity contribution in [1.29, 1.82) is 0 Å². The van der Waals surface area contributed by atoms with E-state index in [1.807, 2.05) is 12.1 Å². The summed E-state index contributed by atoms with van der Waals surface area (Å²) in [4.78, 5) is 12.5. The maximum Gasteiger partial charge on any atom is 0.251 e. The number of sulfonamides is 1. The van der Waals surface area contributed by atoms with Gasteiger partial charge in [0.2, 0.25) is 10.0 Å². The molecule has 2 aromatic rings. The first-order valence-corrected chi connectivity index (χ1v) is 11.5. The molecule has 0 saturated carbocycles. The lowest BCUT2D eigenvalue weighted by Crippen LogP contribution is -2.32. The molecule has 0 radical (unpaired) electrons. The third-order valence-electron chi connectivity index (χ3n) is 4.73. The molecule has 0 aromatic heterocycles. The van der Waals surface area contributed by atoms with Crippen molar-refractivity contribution in [3.63, 3.8) is 0 Å². The second-order valence-electron chi connectivity index (χ2n) is 6.85. The van der Waals surface area contributed by atoms with Crippen LogP contribution in [0.15, 0.2) is 47.4 Å². The third-order valence-corrected chi connectivity index (χ3v) is 6.98. The van der Waals surface area contributed by atoms with E-state index in [1.54, 1.807) is 19.1 Å². The monoisotopic (exact) mass is 456 g/mol. The highest BCUT2D eigenvalue weighted by atomic mass is 35.5. The van der Waals surface area contributed by atoms with Crippen LogP contribution in [-0.2, 0) is 14.8 Å². The van der Waals surface area contributed by atoms with Crippen LogP contribution in [0.1, 0.15) is 41.7 Å². The van der Waals surface area contributed by atoms with E-state index < -0.39 is 15.9 Å². The van der Waals surface area contributed by atoms with Gasteiger partial charge >= 0.3 is 0 Å². The average Bonchev–Trinajstić information content (AvgIpc) is 3.20. The summed E-state index contributed by atoms with van der Waals surface area (Å²) in [6, 6.07) is 11.0. The van der Waals surface area contributed by atoms with Gasteiger partial charge in [-0.1, -0.05) is 41.4 Å². The van der Waals surface area contributed by atoms with Gasteiger partial charge in [0, 0.05) is 23.7 Å². The predicted molar refractivity (Wildman–Crippen MR) is 113 cm³/mol. The van der Waals surface area contributed by atoms with Crippen molar-refractivity contribution in [2.24, 2.45) is 0 Å². The number of amides is 1. The van der Waals surface area contributed by atoms with Gasteiger partial charge in [0.1, 0.15) is 4.90 Å². The summed E-state index contributed by atoms with van der Waals surface area (Å²) in [5, 5.41) is 3.41. The maximum absolute atomic E-state index is 12.7. The number of halogens is 2. The molecule has 3 rings (SSSR count). The Morgan fingerprint density at radius 3 is 2.66 bits per heavy atom. The van der Waals surface area contributed by atoms with Gasteiger partial charge in [-0.15, -0.1) is 0 Å². The molecule has 1 fully saturated rings. The van der Waals surface area contributed by atoms with Crippen LogP contribution in [0.2, 0.25) is 10.0 Å². The van der Waals surface area contributed by atoms with Crippen LogP contribution >= 0.6 is 23.2 Å². The number of nitrogens with one attached hydrogen (secondary N) is 2. The normalized spacial score (nSPS) is 17.8. The van der Waals surface area contributed by atoms with Crippen LogP contribution < -0.4 is 10.0 Å². The Bertz CT molecular complexity index is 992. The van der Waals surface area contributed by atoms with Crippen molar-refractivity contribution in [1.82, 2.24) is 10.0 Å². The number of rotatable bonds is 7. The number of benzene rings is 2. The fourth-order valence-corrected chi connectivity index (χ4v) is 5.01. The van der Waals surface area contributed by atoms with E-state index >= 15 is 0 Å². The lowest BCUT2D eigenvalue weighted by Gasteiger charge is -2.17. The maximum atomic E-state index is 12.7. The van der Waals surface area contributed by atoms with Gasteiger partial charge in [0.05, 0.1) is 17.2 Å². The number of carbonyl (C=O) groups excluding carboxylic acids is 1. The summed E-state index contributed by atoms with van der Waals surface area (Å²) in [6.45, 7) is 2.60. The van der Waals surface area contributed by atoms with Gasteiger partial charge in [-0.3, -0.25) is 4.79 Å². The zero-order valence-electron chi connectivity index (χ0n) is 15.8. The van der Waals surface area contributed by atoms with E-state index in [4.69, 9.17) is 27.9 Å². The summed E-state index contributed by atoms with van der Waals surface area (Å²) < 4.78 is 33.3. The predicted octanol–water partition coefficient (Wildman–Crippen LogP) is 3.94. The quantitative estimate of drug-likeness (QED) is 0.660. The van der Waals surface area contributed by atoms with E-state index in [2.05, 4.69) is 10.0 Å². The second kappa shape index (κ2) is 9.45. The van der Waals surface area contributed by atoms with Gasteiger partial charge in [0.15, 0.2) is 0 Å². The molecule has 1 saturated heterocycles. The van der Waals surface area contributed by atoms with Crippen molar-refractivity contribution in [2.45, 2.75) is 36.8 Å². The van der Waals surface area contributed by atoms with Crippen molar-refractivity contribution in [3.8, 4) is 0 Å². The highest BCUT2D eigenvalue weighted by Gasteiger charge is 2.24. The molecule has 1 aliphatic rings. The van der Waals surface area contributed by atoms with Gasteiger partial charge in [-0.05, 0) is 49.6 Å². The van der Waals surface area contributed by atoms with Crippen LogP contribution in [0.3, 0.4) is 0 Å². The molecule has 6 nitrogen and oxygen atoms in total. The van der Waals surface area contributed by atoms with Crippen molar-refractivity contribution >= 4 is 39.1 Å². The number of carbonyl (C=O) groups is 1. The number of ether oxygens (including phenoxy) is 1.